The topological polar surface area (TPSA) is 45.2 Å². The number of hydrogen-bond acceptors (Lipinski definition) is 5. The summed E-state index contributed by atoms with van der Waals surface area (Å²) in [5.74, 6) is 2.60. The van der Waals surface area contributed by atoms with Crippen molar-refractivity contribution in [3.63, 3.8) is 0 Å². The average molecular weight is 351 g/mol. The van der Waals surface area contributed by atoms with Crippen molar-refractivity contribution >= 4 is 0 Å². The molecule has 5 nitrogen and oxygen atoms in total. The Morgan fingerprint density at radius 1 is 0.885 bits per heavy atom. The second-order valence-electron chi connectivity index (χ2n) is 7.90. The Kier molecular flexibility index (Phi) is 5.56. The Labute approximate surface area is 156 Å². The maximum absolute atomic E-state index is 4.33. The van der Waals surface area contributed by atoms with Crippen molar-refractivity contribution in [2.75, 3.05) is 26.2 Å². The quantitative estimate of drug-likeness (QED) is 0.829. The minimum atomic E-state index is 0.853. The number of likely N-dealkylation sites (tertiary alicyclic amines) is 2. The van der Waals surface area contributed by atoms with E-state index in [2.05, 4.69) is 30.8 Å². The minimum Gasteiger partial charge on any atom is -0.299 e. The highest BCUT2D eigenvalue weighted by atomic mass is 15.2. The van der Waals surface area contributed by atoms with Gasteiger partial charge in [-0.05, 0) is 69.3 Å². The highest BCUT2D eigenvalue weighted by Crippen LogP contribution is 2.32. The van der Waals surface area contributed by atoms with E-state index >= 15 is 0 Å². The molecule has 2 aromatic rings. The molecule has 138 valence electrons. The van der Waals surface area contributed by atoms with Gasteiger partial charge in [-0.15, -0.1) is 0 Å². The summed E-state index contributed by atoms with van der Waals surface area (Å²) in [6.45, 7) is 8.89. The molecule has 0 aromatic carbocycles. The molecule has 0 spiro atoms. The Hall–Kier alpha value is -1.85. The summed E-state index contributed by atoms with van der Waals surface area (Å²) in [5, 5.41) is 0. The molecule has 4 heterocycles. The lowest BCUT2D eigenvalue weighted by Crippen LogP contribution is -2.36. The molecule has 0 bridgehead atoms. The first-order valence-corrected chi connectivity index (χ1v) is 9.87. The van der Waals surface area contributed by atoms with Gasteiger partial charge in [0.15, 0.2) is 0 Å². The van der Waals surface area contributed by atoms with Crippen molar-refractivity contribution in [1.29, 1.82) is 0 Å². The molecular formula is C21H29N5. The van der Waals surface area contributed by atoms with Gasteiger partial charge in [0.2, 0.25) is 0 Å². The van der Waals surface area contributed by atoms with E-state index in [0.717, 1.165) is 30.7 Å². The zero-order valence-corrected chi connectivity index (χ0v) is 15.7. The van der Waals surface area contributed by atoms with Crippen molar-refractivity contribution in [2.24, 2.45) is 11.8 Å². The molecule has 26 heavy (non-hydrogen) atoms. The molecule has 1 unspecified atom stereocenters. The predicted octanol–water partition coefficient (Wildman–Crippen LogP) is 2.91. The van der Waals surface area contributed by atoms with E-state index in [-0.39, 0.29) is 0 Å². The first-order chi connectivity index (χ1) is 12.8. The first kappa shape index (κ1) is 17.6. The monoisotopic (exact) mass is 351 g/mol. The average Bonchev–Trinajstić information content (AvgIpc) is 3.14. The summed E-state index contributed by atoms with van der Waals surface area (Å²) in [6.07, 6.45) is 11.8. The van der Waals surface area contributed by atoms with Crippen LogP contribution in [0.2, 0.25) is 0 Å². The first-order valence-electron chi connectivity index (χ1n) is 9.87. The SMILES string of the molecule is Cc1ncc(CN2CCC(C3CCN(Cc4cccnc4)CC3)C2)cn1. The summed E-state index contributed by atoms with van der Waals surface area (Å²) < 4.78 is 0. The lowest BCUT2D eigenvalue weighted by Gasteiger charge is -2.34. The maximum atomic E-state index is 4.33. The summed E-state index contributed by atoms with van der Waals surface area (Å²) in [6, 6.07) is 4.22. The predicted molar refractivity (Wildman–Crippen MR) is 102 cm³/mol. The summed E-state index contributed by atoms with van der Waals surface area (Å²) in [4.78, 5) is 18.1. The largest absolute Gasteiger partial charge is 0.299 e. The fraction of sp³-hybridized carbons (Fsp3) is 0.571. The van der Waals surface area contributed by atoms with Crippen LogP contribution in [0.15, 0.2) is 36.9 Å². The number of aromatic nitrogens is 3. The van der Waals surface area contributed by atoms with Gasteiger partial charge in [-0.3, -0.25) is 14.8 Å². The number of pyridine rings is 1. The van der Waals surface area contributed by atoms with Crippen molar-refractivity contribution in [3.8, 4) is 0 Å². The molecule has 2 aromatic heterocycles. The highest BCUT2D eigenvalue weighted by Gasteiger charge is 2.31. The number of aryl methyl sites for hydroxylation is 1. The molecule has 5 heteroatoms. The molecule has 0 radical (unpaired) electrons. The molecule has 0 amide bonds. The molecule has 2 aliphatic heterocycles. The summed E-state index contributed by atoms with van der Waals surface area (Å²) >= 11 is 0. The van der Waals surface area contributed by atoms with Crippen molar-refractivity contribution in [2.45, 2.75) is 39.3 Å². The lowest BCUT2D eigenvalue weighted by atomic mass is 9.83. The van der Waals surface area contributed by atoms with Crippen LogP contribution in [0, 0.1) is 18.8 Å². The van der Waals surface area contributed by atoms with E-state index in [9.17, 15) is 0 Å². The van der Waals surface area contributed by atoms with Crippen LogP contribution in [0.5, 0.6) is 0 Å². The molecule has 0 aliphatic carbocycles. The van der Waals surface area contributed by atoms with Crippen molar-refractivity contribution < 1.29 is 0 Å². The van der Waals surface area contributed by atoms with Crippen LogP contribution in [0.4, 0.5) is 0 Å². The van der Waals surface area contributed by atoms with Crippen LogP contribution in [0.1, 0.15) is 36.2 Å². The standard InChI is InChI=1S/C21H29N5/c1-17-23-12-19(13-24-17)15-26-10-6-21(16-26)20-4-8-25(9-5-20)14-18-3-2-7-22-11-18/h2-3,7,11-13,20-21H,4-6,8-10,14-16H2,1H3. The summed E-state index contributed by atoms with van der Waals surface area (Å²) in [5.41, 5.74) is 2.57. The van der Waals surface area contributed by atoms with Crippen LogP contribution in [0.3, 0.4) is 0 Å². The Morgan fingerprint density at radius 2 is 1.58 bits per heavy atom. The molecule has 0 saturated carbocycles. The zero-order valence-electron chi connectivity index (χ0n) is 15.7. The molecule has 0 N–H and O–H groups in total. The van der Waals surface area contributed by atoms with E-state index in [4.69, 9.17) is 0 Å². The second kappa shape index (κ2) is 8.23. The van der Waals surface area contributed by atoms with Crippen LogP contribution in [-0.2, 0) is 13.1 Å². The Balaban J connectivity index is 1.23. The number of hydrogen-bond donors (Lipinski definition) is 0. The number of piperidine rings is 1. The molecular weight excluding hydrogens is 322 g/mol. The molecule has 2 aliphatic rings. The van der Waals surface area contributed by atoms with Crippen molar-refractivity contribution in [1.82, 2.24) is 24.8 Å². The molecule has 1 atom stereocenters. The normalized spacial score (nSPS) is 22.7. The maximum Gasteiger partial charge on any atom is 0.125 e. The van der Waals surface area contributed by atoms with Gasteiger partial charge in [-0.1, -0.05) is 6.07 Å². The van der Waals surface area contributed by atoms with Gasteiger partial charge >= 0.3 is 0 Å². The fourth-order valence-electron chi connectivity index (χ4n) is 4.48. The minimum absolute atomic E-state index is 0.853. The Bertz CT molecular complexity index is 679. The molecule has 4 rings (SSSR count). The third-order valence-electron chi connectivity index (χ3n) is 5.98. The zero-order chi connectivity index (χ0) is 17.8. The van der Waals surface area contributed by atoms with Crippen molar-refractivity contribution in [3.05, 3.63) is 53.9 Å². The van der Waals surface area contributed by atoms with Gasteiger partial charge in [0, 0.05) is 50.0 Å². The number of rotatable bonds is 5. The van der Waals surface area contributed by atoms with Gasteiger partial charge in [0.25, 0.3) is 0 Å². The lowest BCUT2D eigenvalue weighted by molar-refractivity contribution is 0.141. The van der Waals surface area contributed by atoms with Crippen LogP contribution < -0.4 is 0 Å². The van der Waals surface area contributed by atoms with Gasteiger partial charge in [0.05, 0.1) is 0 Å². The van der Waals surface area contributed by atoms with Gasteiger partial charge in [0.1, 0.15) is 5.82 Å². The van der Waals surface area contributed by atoms with E-state index in [1.165, 1.54) is 56.6 Å². The van der Waals surface area contributed by atoms with E-state index in [1.54, 1.807) is 0 Å². The Morgan fingerprint density at radius 3 is 2.31 bits per heavy atom. The van der Waals surface area contributed by atoms with E-state index in [0.29, 0.717) is 0 Å². The fourth-order valence-corrected chi connectivity index (χ4v) is 4.48. The smallest absolute Gasteiger partial charge is 0.125 e. The van der Waals surface area contributed by atoms with E-state index < -0.39 is 0 Å². The molecule has 2 fully saturated rings. The van der Waals surface area contributed by atoms with Crippen LogP contribution >= 0.6 is 0 Å². The van der Waals surface area contributed by atoms with Gasteiger partial charge in [-0.25, -0.2) is 9.97 Å². The van der Waals surface area contributed by atoms with E-state index in [1.807, 2.05) is 37.8 Å². The summed E-state index contributed by atoms with van der Waals surface area (Å²) in [7, 11) is 0. The third-order valence-corrected chi connectivity index (χ3v) is 5.98. The third kappa shape index (κ3) is 4.46. The van der Waals surface area contributed by atoms with Crippen LogP contribution in [-0.4, -0.2) is 50.9 Å². The van der Waals surface area contributed by atoms with Gasteiger partial charge in [-0.2, -0.15) is 0 Å². The second-order valence-corrected chi connectivity index (χ2v) is 7.90. The molecule has 2 saturated heterocycles. The number of nitrogens with zero attached hydrogens (tertiary/aromatic N) is 5. The van der Waals surface area contributed by atoms with Crippen LogP contribution in [0.25, 0.3) is 0 Å². The van der Waals surface area contributed by atoms with Gasteiger partial charge < -0.3 is 0 Å². The highest BCUT2D eigenvalue weighted by molar-refractivity contribution is 5.08.